The monoisotopic (exact) mass is 207 g/mol. The summed E-state index contributed by atoms with van der Waals surface area (Å²) in [7, 11) is -3.84. The standard InChI is InChI=1S/C7H5F2O3S/c1-13(10,11)12-6-4-2-3-5(8)7(6)9/h2,4H,1H3. The third kappa shape index (κ3) is 2.66. The third-order valence-corrected chi connectivity index (χ3v) is 1.58. The Morgan fingerprint density at radius 2 is 2.08 bits per heavy atom. The van der Waals surface area contributed by atoms with Crippen molar-refractivity contribution < 1.29 is 21.4 Å². The highest BCUT2D eigenvalue weighted by Gasteiger charge is 2.13. The summed E-state index contributed by atoms with van der Waals surface area (Å²) in [5.41, 5.74) is 0. The molecule has 0 heterocycles. The molecule has 1 aromatic carbocycles. The lowest BCUT2D eigenvalue weighted by Crippen LogP contribution is -2.07. The van der Waals surface area contributed by atoms with E-state index in [4.69, 9.17) is 0 Å². The van der Waals surface area contributed by atoms with Crippen molar-refractivity contribution in [3.63, 3.8) is 0 Å². The van der Waals surface area contributed by atoms with Crippen LogP contribution in [-0.2, 0) is 10.1 Å². The summed E-state index contributed by atoms with van der Waals surface area (Å²) in [5, 5.41) is 0. The van der Waals surface area contributed by atoms with E-state index in [0.717, 1.165) is 18.4 Å². The van der Waals surface area contributed by atoms with Gasteiger partial charge in [-0.2, -0.15) is 12.8 Å². The molecule has 0 aliphatic heterocycles. The van der Waals surface area contributed by atoms with E-state index < -0.39 is 27.5 Å². The fraction of sp³-hybridized carbons (Fsp3) is 0.143. The summed E-state index contributed by atoms with van der Waals surface area (Å²) >= 11 is 0. The fourth-order valence-corrected chi connectivity index (χ4v) is 1.12. The first-order chi connectivity index (χ1) is 5.90. The maximum absolute atomic E-state index is 12.7. The first-order valence-corrected chi connectivity index (χ1v) is 4.97. The van der Waals surface area contributed by atoms with E-state index in [2.05, 4.69) is 4.18 Å². The quantitative estimate of drug-likeness (QED) is 0.682. The minimum Gasteiger partial charge on any atom is -0.379 e. The number of hydrogen-bond donors (Lipinski definition) is 0. The molecule has 0 unspecified atom stereocenters. The summed E-state index contributed by atoms with van der Waals surface area (Å²) in [6.07, 6.45) is 0.737. The molecule has 1 aromatic rings. The lowest BCUT2D eigenvalue weighted by Gasteiger charge is -2.03. The van der Waals surface area contributed by atoms with Crippen LogP contribution in [0.1, 0.15) is 0 Å². The van der Waals surface area contributed by atoms with E-state index in [1.165, 1.54) is 0 Å². The predicted octanol–water partition coefficient (Wildman–Crippen LogP) is 1.10. The Morgan fingerprint density at radius 3 is 2.62 bits per heavy atom. The van der Waals surface area contributed by atoms with Crippen LogP contribution < -0.4 is 4.18 Å². The Bertz CT molecular complexity index is 414. The van der Waals surface area contributed by atoms with Gasteiger partial charge in [-0.15, -0.1) is 0 Å². The molecule has 0 bridgehead atoms. The van der Waals surface area contributed by atoms with Crippen molar-refractivity contribution in [1.29, 1.82) is 0 Å². The minimum atomic E-state index is -3.84. The van der Waals surface area contributed by atoms with Gasteiger partial charge in [0.05, 0.1) is 6.26 Å². The van der Waals surface area contributed by atoms with E-state index >= 15 is 0 Å². The highest BCUT2D eigenvalue weighted by Crippen LogP contribution is 2.19. The predicted molar refractivity (Wildman–Crippen MR) is 40.7 cm³/mol. The number of benzene rings is 1. The van der Waals surface area contributed by atoms with Crippen molar-refractivity contribution in [3.8, 4) is 5.75 Å². The van der Waals surface area contributed by atoms with Gasteiger partial charge in [0.1, 0.15) is 0 Å². The van der Waals surface area contributed by atoms with Gasteiger partial charge in [-0.3, -0.25) is 0 Å². The lowest BCUT2D eigenvalue weighted by atomic mass is 10.3. The fourth-order valence-electron chi connectivity index (χ4n) is 0.663. The van der Waals surface area contributed by atoms with Crippen LogP contribution in [0, 0.1) is 17.7 Å². The Balaban J connectivity index is 3.10. The van der Waals surface area contributed by atoms with Gasteiger partial charge in [0, 0.05) is 6.07 Å². The van der Waals surface area contributed by atoms with Gasteiger partial charge < -0.3 is 4.18 Å². The molecule has 1 radical (unpaired) electrons. The third-order valence-electron chi connectivity index (χ3n) is 1.09. The molecule has 3 nitrogen and oxygen atoms in total. The second-order valence-electron chi connectivity index (χ2n) is 2.26. The molecular formula is C7H5F2O3S. The van der Waals surface area contributed by atoms with Gasteiger partial charge in [-0.1, -0.05) is 0 Å². The number of halogens is 2. The van der Waals surface area contributed by atoms with Crippen LogP contribution in [0.3, 0.4) is 0 Å². The molecule has 1 rings (SSSR count). The van der Waals surface area contributed by atoms with Gasteiger partial charge in [-0.05, 0) is 12.1 Å². The smallest absolute Gasteiger partial charge is 0.306 e. The Hall–Kier alpha value is -1.17. The Labute approximate surface area is 74.1 Å². The number of rotatable bonds is 2. The Morgan fingerprint density at radius 1 is 1.46 bits per heavy atom. The second-order valence-corrected chi connectivity index (χ2v) is 3.83. The Kier molecular flexibility index (Phi) is 2.51. The summed E-state index contributed by atoms with van der Waals surface area (Å²) in [4.78, 5) is 0. The summed E-state index contributed by atoms with van der Waals surface area (Å²) in [5.74, 6) is -3.31. The van der Waals surface area contributed by atoms with Crippen LogP contribution in [-0.4, -0.2) is 14.7 Å². The van der Waals surface area contributed by atoms with Gasteiger partial charge in [0.15, 0.2) is 11.6 Å². The van der Waals surface area contributed by atoms with Gasteiger partial charge in [0.2, 0.25) is 5.82 Å². The highest BCUT2D eigenvalue weighted by atomic mass is 32.2. The summed E-state index contributed by atoms with van der Waals surface area (Å²) in [6, 6.07) is 3.91. The zero-order valence-corrected chi connectivity index (χ0v) is 7.36. The normalized spacial score (nSPS) is 11.3. The van der Waals surface area contributed by atoms with Crippen LogP contribution in [0.2, 0.25) is 0 Å². The SMILES string of the molecule is CS(=O)(=O)Oc1cc[c]c(F)c1F. The van der Waals surface area contributed by atoms with Crippen LogP contribution in [0.15, 0.2) is 12.1 Å². The zero-order valence-electron chi connectivity index (χ0n) is 6.54. The van der Waals surface area contributed by atoms with E-state index in [-0.39, 0.29) is 0 Å². The van der Waals surface area contributed by atoms with Crippen molar-refractivity contribution >= 4 is 10.1 Å². The topological polar surface area (TPSA) is 43.4 Å². The van der Waals surface area contributed by atoms with Crippen molar-refractivity contribution in [2.24, 2.45) is 0 Å². The molecule has 71 valence electrons. The molecule has 13 heavy (non-hydrogen) atoms. The molecule has 6 heteroatoms. The van der Waals surface area contributed by atoms with Crippen LogP contribution in [0.4, 0.5) is 8.78 Å². The second kappa shape index (κ2) is 3.29. The molecule has 0 atom stereocenters. The largest absolute Gasteiger partial charge is 0.379 e. The van der Waals surface area contributed by atoms with Crippen LogP contribution in [0.25, 0.3) is 0 Å². The van der Waals surface area contributed by atoms with E-state index in [1.807, 2.05) is 6.07 Å². The van der Waals surface area contributed by atoms with Gasteiger partial charge >= 0.3 is 10.1 Å². The maximum Gasteiger partial charge on any atom is 0.306 e. The molecule has 0 aliphatic rings. The van der Waals surface area contributed by atoms with Gasteiger partial charge in [-0.25, -0.2) is 4.39 Å². The molecule has 0 aromatic heterocycles. The zero-order chi connectivity index (χ0) is 10.1. The lowest BCUT2D eigenvalue weighted by molar-refractivity contribution is 0.440. The molecule has 0 amide bonds. The van der Waals surface area contributed by atoms with Crippen LogP contribution in [0.5, 0.6) is 5.75 Å². The molecule has 0 saturated heterocycles. The first-order valence-electron chi connectivity index (χ1n) is 3.15. The summed E-state index contributed by atoms with van der Waals surface area (Å²) in [6.45, 7) is 0. The molecule has 0 N–H and O–H groups in total. The summed E-state index contributed by atoms with van der Waals surface area (Å²) < 4.78 is 50.4. The van der Waals surface area contributed by atoms with Crippen molar-refractivity contribution in [1.82, 2.24) is 0 Å². The molecule has 0 aliphatic carbocycles. The van der Waals surface area contributed by atoms with Crippen molar-refractivity contribution in [2.45, 2.75) is 0 Å². The van der Waals surface area contributed by atoms with Crippen molar-refractivity contribution in [3.05, 3.63) is 29.8 Å². The number of hydrogen-bond acceptors (Lipinski definition) is 3. The molecule has 0 saturated carbocycles. The molecular weight excluding hydrogens is 202 g/mol. The van der Waals surface area contributed by atoms with Crippen molar-refractivity contribution in [2.75, 3.05) is 6.26 Å². The van der Waals surface area contributed by atoms with E-state index in [0.29, 0.717) is 0 Å². The highest BCUT2D eigenvalue weighted by molar-refractivity contribution is 7.86. The first kappa shape index (κ1) is 9.91. The van der Waals surface area contributed by atoms with E-state index in [1.54, 1.807) is 0 Å². The average molecular weight is 207 g/mol. The molecule has 0 fully saturated rings. The molecule has 0 spiro atoms. The van der Waals surface area contributed by atoms with E-state index in [9.17, 15) is 17.2 Å². The minimum absolute atomic E-state index is 0.668. The average Bonchev–Trinajstić information content (AvgIpc) is 1.96. The van der Waals surface area contributed by atoms with Crippen LogP contribution >= 0.6 is 0 Å². The van der Waals surface area contributed by atoms with Gasteiger partial charge in [0.25, 0.3) is 0 Å². The maximum atomic E-state index is 12.7.